The van der Waals surface area contributed by atoms with Crippen LogP contribution in [0.4, 0.5) is 23.0 Å². The van der Waals surface area contributed by atoms with Gasteiger partial charge in [-0.1, -0.05) is 95.7 Å². The fraction of sp³-hybridized carbons (Fsp3) is 0.120. The molecule has 4 aromatic carbocycles. The Morgan fingerprint density at radius 1 is 0.676 bits per heavy atom. The van der Waals surface area contributed by atoms with E-state index in [0.29, 0.717) is 55.4 Å². The number of hydrogen-bond acceptors (Lipinski definition) is 15. The molecule has 0 saturated carbocycles. The first-order valence-corrected chi connectivity index (χ1v) is 25.1. The number of aliphatic hydroxyl groups is 2. The quantitative estimate of drug-likeness (QED) is 0.0296. The number of nitrogen functional groups attached to an aromatic ring is 2. The molecule has 4 heterocycles. The van der Waals surface area contributed by atoms with Crippen LogP contribution in [0, 0.1) is 40.4 Å². The van der Waals surface area contributed by atoms with Crippen molar-refractivity contribution in [3.05, 3.63) is 168 Å². The van der Waals surface area contributed by atoms with Crippen molar-refractivity contribution in [1.82, 2.24) is 19.9 Å². The number of pyridine rings is 2. The van der Waals surface area contributed by atoms with Gasteiger partial charge in [0.1, 0.15) is 68.2 Å². The Kier molecular flexibility index (Phi) is 19.7. The summed E-state index contributed by atoms with van der Waals surface area (Å²) in [6.45, 7) is 15.1. The fourth-order valence-corrected chi connectivity index (χ4v) is 9.77. The van der Waals surface area contributed by atoms with Crippen LogP contribution in [0.25, 0.3) is 53.1 Å². The summed E-state index contributed by atoms with van der Waals surface area (Å²) in [4.78, 5) is 23.0. The third kappa shape index (κ3) is 13.9. The number of aromatic amines is 1. The zero-order valence-electron chi connectivity index (χ0n) is 36.9. The van der Waals surface area contributed by atoms with Crippen LogP contribution in [-0.2, 0) is 11.6 Å². The monoisotopic (exact) mass is 1070 g/mol. The standard InChI is InChI=1S/C25H18ClN5O2S2.C15H12N4O2S.C10H7Cl2NS/c1-29-22-21(15-4-8-19(9-5-15)33-11-10-32)20(12-27)25(31-23(22)28)35-14-18-13-34-24(30-18)16-2-6-17(26)7-3-16;1-18-13-12(11(8-16)15(22)19-14(13)17)9-2-4-10(5-3-9)21-7-6-20;11-5-9-6-14-10(13-9)7-1-3-8(12)4-2-7/h2-9,13,32H,10-11,14H2,(H2,28,31);2-5,20H,6-7H2,(H3,17,19,22);1-4,6H,5H2. The Morgan fingerprint density at radius 3 is 1.56 bits per heavy atom. The number of halogens is 3. The van der Waals surface area contributed by atoms with Gasteiger partial charge in [-0.05, 0) is 59.7 Å². The molecule has 8 aromatic rings. The van der Waals surface area contributed by atoms with Crippen LogP contribution in [0.2, 0.25) is 10.0 Å². The summed E-state index contributed by atoms with van der Waals surface area (Å²) in [5.74, 6) is 2.30. The van der Waals surface area contributed by atoms with Crippen molar-refractivity contribution in [2.45, 2.75) is 16.7 Å². The van der Waals surface area contributed by atoms with Crippen LogP contribution < -0.4 is 20.9 Å². The Balaban J connectivity index is 0.000000194. The number of hydrogen-bond donors (Lipinski definition) is 5. The Hall–Kier alpha value is -7.04. The van der Waals surface area contributed by atoms with Crippen LogP contribution in [-0.4, -0.2) is 56.6 Å². The molecule has 21 heteroatoms. The third-order valence-electron chi connectivity index (χ3n) is 9.62. The number of benzene rings is 4. The minimum absolute atomic E-state index is 0.0669. The van der Waals surface area contributed by atoms with E-state index in [-0.39, 0.29) is 65.2 Å². The number of alkyl halides is 1. The Labute approximate surface area is 441 Å². The predicted octanol–water partition coefficient (Wildman–Crippen LogP) is 13.2. The van der Waals surface area contributed by atoms with E-state index in [2.05, 4.69) is 35.7 Å². The number of nitrogens with two attached hydrogens (primary N) is 2. The third-order valence-corrected chi connectivity index (χ3v) is 13.6. The molecule has 0 bridgehead atoms. The highest BCUT2D eigenvalue weighted by molar-refractivity contribution is 7.98. The van der Waals surface area contributed by atoms with Crippen LogP contribution >= 0.6 is 81.5 Å². The summed E-state index contributed by atoms with van der Waals surface area (Å²) in [7, 11) is 0. The van der Waals surface area contributed by atoms with Gasteiger partial charge >= 0.3 is 0 Å². The molecule has 0 fully saturated rings. The minimum Gasteiger partial charge on any atom is -0.491 e. The lowest BCUT2D eigenvalue weighted by molar-refractivity contribution is 0.201. The molecule has 0 saturated heterocycles. The van der Waals surface area contributed by atoms with E-state index < -0.39 is 0 Å². The van der Waals surface area contributed by atoms with E-state index in [1.807, 2.05) is 65.4 Å². The highest BCUT2D eigenvalue weighted by Crippen LogP contribution is 2.43. The number of nitriles is 2. The van der Waals surface area contributed by atoms with Crippen molar-refractivity contribution in [2.75, 3.05) is 37.9 Å². The average Bonchev–Trinajstić information content (AvgIpc) is 4.08. The lowest BCUT2D eigenvalue weighted by Crippen LogP contribution is -2.02. The summed E-state index contributed by atoms with van der Waals surface area (Å²) < 4.78 is 10.9. The molecule has 8 rings (SSSR count). The summed E-state index contributed by atoms with van der Waals surface area (Å²) in [6.07, 6.45) is 0. The number of aromatic nitrogens is 4. The van der Waals surface area contributed by atoms with E-state index in [4.69, 9.17) is 91.3 Å². The van der Waals surface area contributed by atoms with Gasteiger partial charge in [0.2, 0.25) is 11.4 Å². The number of aliphatic hydroxyl groups excluding tert-OH is 2. The van der Waals surface area contributed by atoms with Crippen LogP contribution in [0.3, 0.4) is 0 Å². The SMILES string of the molecule is ClCc1csc(-c2ccc(Cl)cc2)n1.[C-]#[N+]c1c(N)[nH]c(=S)c(C#N)c1-c1ccc(OCCO)cc1.[C-]#[N+]c1c(N)nc(SCc2csc(-c3ccc(Cl)cc3)n2)c(C#N)c1-c1ccc(OCCO)cc1. The number of ether oxygens (including phenoxy) is 2. The van der Waals surface area contributed by atoms with Gasteiger partial charge in [-0.2, -0.15) is 10.5 Å². The van der Waals surface area contributed by atoms with Crippen LogP contribution in [0.5, 0.6) is 11.5 Å². The zero-order chi connectivity index (χ0) is 50.9. The minimum atomic E-state index is -0.0934. The van der Waals surface area contributed by atoms with Crippen molar-refractivity contribution < 1.29 is 19.7 Å². The Morgan fingerprint density at radius 2 is 1.13 bits per heavy atom. The molecule has 0 aliphatic carbocycles. The highest BCUT2D eigenvalue weighted by Gasteiger charge is 2.22. The second-order valence-corrected chi connectivity index (χ2v) is 18.5. The molecule has 0 amide bonds. The largest absolute Gasteiger partial charge is 0.491 e. The van der Waals surface area contributed by atoms with Gasteiger partial charge in [-0.15, -0.1) is 34.3 Å². The van der Waals surface area contributed by atoms with Gasteiger partial charge in [0, 0.05) is 48.8 Å². The average molecular weight is 1080 g/mol. The summed E-state index contributed by atoms with van der Waals surface area (Å²) in [5.41, 5.74) is 18.7. The molecular formula is C50H37Cl3N10O4S4. The zero-order valence-corrected chi connectivity index (χ0v) is 42.4. The fourth-order valence-electron chi connectivity index (χ4n) is 6.39. The topological polar surface area (TPSA) is 222 Å². The molecule has 0 atom stereocenters. The smallest absolute Gasteiger partial charge is 0.236 e. The van der Waals surface area contributed by atoms with Gasteiger partial charge in [0.25, 0.3) is 0 Å². The van der Waals surface area contributed by atoms with Crippen molar-refractivity contribution in [1.29, 1.82) is 10.5 Å². The summed E-state index contributed by atoms with van der Waals surface area (Å²) >= 11 is 27.0. The van der Waals surface area contributed by atoms with Crippen molar-refractivity contribution in [2.24, 2.45) is 0 Å². The molecule has 71 heavy (non-hydrogen) atoms. The lowest BCUT2D eigenvalue weighted by atomic mass is 10.00. The van der Waals surface area contributed by atoms with E-state index in [0.717, 1.165) is 37.6 Å². The van der Waals surface area contributed by atoms with Crippen molar-refractivity contribution in [3.8, 4) is 67.0 Å². The molecule has 0 unspecified atom stereocenters. The number of rotatable bonds is 14. The first-order valence-electron chi connectivity index (χ1n) is 20.7. The first-order chi connectivity index (χ1) is 34.4. The van der Waals surface area contributed by atoms with Gasteiger partial charge in [0.05, 0.1) is 54.8 Å². The molecule has 356 valence electrons. The molecule has 7 N–H and O–H groups in total. The molecule has 14 nitrogen and oxygen atoms in total. The molecule has 0 aliphatic heterocycles. The van der Waals surface area contributed by atoms with E-state index in [9.17, 15) is 10.5 Å². The number of thiazole rings is 2. The van der Waals surface area contributed by atoms with Crippen molar-refractivity contribution in [3.63, 3.8) is 0 Å². The second-order valence-electron chi connectivity index (χ2n) is 14.2. The number of thioether (sulfide) groups is 1. The van der Waals surface area contributed by atoms with Crippen LogP contribution in [0.1, 0.15) is 22.5 Å². The van der Waals surface area contributed by atoms with Gasteiger partial charge < -0.3 is 36.1 Å². The maximum atomic E-state index is 9.99. The molecule has 4 aromatic heterocycles. The van der Waals surface area contributed by atoms with E-state index in [1.54, 1.807) is 59.9 Å². The predicted molar refractivity (Wildman–Crippen MR) is 287 cm³/mol. The number of nitrogens with zero attached hydrogens (tertiary/aromatic N) is 7. The number of anilines is 2. The lowest BCUT2D eigenvalue weighted by Gasteiger charge is -2.13. The van der Waals surface area contributed by atoms with Crippen LogP contribution in [0.15, 0.2) is 113 Å². The highest BCUT2D eigenvalue weighted by atomic mass is 35.5. The van der Waals surface area contributed by atoms with E-state index in [1.165, 1.54) is 23.1 Å². The molecule has 0 radical (unpaired) electrons. The van der Waals surface area contributed by atoms with Crippen molar-refractivity contribution >= 4 is 104 Å². The van der Waals surface area contributed by atoms with Gasteiger partial charge in [-0.25, -0.2) is 24.6 Å². The normalized spacial score (nSPS) is 10.3. The van der Waals surface area contributed by atoms with Gasteiger partial charge in [0.15, 0.2) is 0 Å². The number of H-pyrrole nitrogens is 1. The first kappa shape index (κ1) is 53.3. The van der Waals surface area contributed by atoms with Gasteiger partial charge in [-0.3, -0.25) is 0 Å². The maximum absolute atomic E-state index is 9.99. The maximum Gasteiger partial charge on any atom is 0.236 e. The van der Waals surface area contributed by atoms with E-state index >= 15 is 0 Å². The summed E-state index contributed by atoms with van der Waals surface area (Å²) in [6, 6.07) is 33.1. The molecule has 0 aliphatic rings. The molecule has 0 spiro atoms. The molecular weight excluding hydrogens is 1040 g/mol. The number of nitrogens with one attached hydrogen (secondary N) is 1. The summed E-state index contributed by atoms with van der Waals surface area (Å²) in [5, 5.41) is 44.6. The second kappa shape index (κ2) is 26.2. The Bertz CT molecular complexity index is 3340.